The Balaban J connectivity index is 2.14. The van der Waals surface area contributed by atoms with Crippen molar-refractivity contribution in [3.8, 4) is 0 Å². The highest BCUT2D eigenvalue weighted by Crippen LogP contribution is 2.23. The van der Waals surface area contributed by atoms with Gasteiger partial charge in [0.2, 0.25) is 0 Å². The minimum atomic E-state index is -0.443. The molecule has 2 nitrogen and oxygen atoms in total. The molecule has 118 valence electrons. The number of hydrogen-bond acceptors (Lipinski definition) is 2. The SMILES string of the molecule is CCCCCCCc1cc(F)c2cc(C(=O)OC)ccc2c1. The number of rotatable bonds is 7. The Hall–Kier alpha value is -1.90. The topological polar surface area (TPSA) is 26.3 Å². The first-order chi connectivity index (χ1) is 10.7. The first-order valence-electron chi connectivity index (χ1n) is 7.96. The predicted octanol–water partition coefficient (Wildman–Crippen LogP) is 5.28. The number of fused-ring (bicyclic) bond motifs is 1. The largest absolute Gasteiger partial charge is 0.465 e. The van der Waals surface area contributed by atoms with Crippen LogP contribution in [0, 0.1) is 5.82 Å². The third kappa shape index (κ3) is 4.06. The van der Waals surface area contributed by atoms with Crippen molar-refractivity contribution < 1.29 is 13.9 Å². The molecule has 0 heterocycles. The van der Waals surface area contributed by atoms with Gasteiger partial charge in [-0.1, -0.05) is 44.7 Å². The van der Waals surface area contributed by atoms with Gasteiger partial charge in [-0.05, 0) is 42.0 Å². The first kappa shape index (κ1) is 16.5. The summed E-state index contributed by atoms with van der Waals surface area (Å²) >= 11 is 0. The highest BCUT2D eigenvalue weighted by atomic mass is 19.1. The van der Waals surface area contributed by atoms with E-state index in [1.165, 1.54) is 32.8 Å². The molecule has 0 aliphatic rings. The van der Waals surface area contributed by atoms with Crippen molar-refractivity contribution in [2.24, 2.45) is 0 Å². The lowest BCUT2D eigenvalue weighted by molar-refractivity contribution is 0.0601. The monoisotopic (exact) mass is 302 g/mol. The Kier molecular flexibility index (Phi) is 5.93. The van der Waals surface area contributed by atoms with Crippen LogP contribution in [0.3, 0.4) is 0 Å². The van der Waals surface area contributed by atoms with Gasteiger partial charge in [-0.25, -0.2) is 9.18 Å². The summed E-state index contributed by atoms with van der Waals surface area (Å²) < 4.78 is 18.9. The summed E-state index contributed by atoms with van der Waals surface area (Å²) in [5.74, 6) is -0.715. The number of methoxy groups -OCH3 is 1. The lowest BCUT2D eigenvalue weighted by Gasteiger charge is -2.07. The molecular formula is C19H23FO2. The molecule has 0 bridgehead atoms. The first-order valence-corrected chi connectivity index (χ1v) is 7.96. The molecule has 3 heteroatoms. The van der Waals surface area contributed by atoms with E-state index in [4.69, 9.17) is 0 Å². The molecule has 0 aliphatic carbocycles. The summed E-state index contributed by atoms with van der Waals surface area (Å²) in [6, 6.07) is 8.62. The summed E-state index contributed by atoms with van der Waals surface area (Å²) in [6.07, 6.45) is 6.92. The quantitative estimate of drug-likeness (QED) is 0.514. The van der Waals surface area contributed by atoms with Crippen molar-refractivity contribution in [3.05, 3.63) is 47.3 Å². The molecule has 0 atom stereocenters. The Morgan fingerprint density at radius 3 is 2.59 bits per heavy atom. The molecule has 0 amide bonds. The van der Waals surface area contributed by atoms with E-state index in [1.54, 1.807) is 24.3 Å². The van der Waals surface area contributed by atoms with Gasteiger partial charge in [0.05, 0.1) is 12.7 Å². The molecule has 0 unspecified atom stereocenters. The molecule has 0 aliphatic heterocycles. The van der Waals surface area contributed by atoms with Crippen molar-refractivity contribution in [1.29, 1.82) is 0 Å². The number of halogens is 1. The van der Waals surface area contributed by atoms with Crippen LogP contribution in [0.15, 0.2) is 30.3 Å². The Morgan fingerprint density at radius 2 is 1.86 bits per heavy atom. The van der Waals surface area contributed by atoms with Gasteiger partial charge in [0.1, 0.15) is 5.82 Å². The van der Waals surface area contributed by atoms with Gasteiger partial charge in [-0.2, -0.15) is 0 Å². The zero-order valence-electron chi connectivity index (χ0n) is 13.3. The summed E-state index contributed by atoms with van der Waals surface area (Å²) in [4.78, 5) is 11.5. The summed E-state index contributed by atoms with van der Waals surface area (Å²) in [6.45, 7) is 2.20. The van der Waals surface area contributed by atoms with Crippen LogP contribution in [0.1, 0.15) is 54.9 Å². The van der Waals surface area contributed by atoms with Gasteiger partial charge >= 0.3 is 5.97 Å². The van der Waals surface area contributed by atoms with Gasteiger partial charge in [0.15, 0.2) is 0 Å². The molecule has 2 rings (SSSR count). The van der Waals surface area contributed by atoms with Crippen LogP contribution in [0.4, 0.5) is 4.39 Å². The second-order valence-corrected chi connectivity index (χ2v) is 5.67. The van der Waals surface area contributed by atoms with Crippen LogP contribution in [-0.2, 0) is 11.2 Å². The second kappa shape index (κ2) is 7.92. The second-order valence-electron chi connectivity index (χ2n) is 5.67. The number of carbonyl (C=O) groups excluding carboxylic acids is 1. The number of carbonyl (C=O) groups is 1. The van der Waals surface area contributed by atoms with Crippen molar-refractivity contribution in [1.82, 2.24) is 0 Å². The lowest BCUT2D eigenvalue weighted by atomic mass is 10.00. The molecule has 0 radical (unpaired) electrons. The van der Waals surface area contributed by atoms with Crippen LogP contribution in [0.5, 0.6) is 0 Å². The highest BCUT2D eigenvalue weighted by molar-refractivity contribution is 5.95. The van der Waals surface area contributed by atoms with Crippen LogP contribution in [-0.4, -0.2) is 13.1 Å². The van der Waals surface area contributed by atoms with Crippen molar-refractivity contribution in [2.45, 2.75) is 45.4 Å². The van der Waals surface area contributed by atoms with Crippen molar-refractivity contribution in [3.63, 3.8) is 0 Å². The molecule has 2 aromatic rings. The minimum Gasteiger partial charge on any atom is -0.465 e. The van der Waals surface area contributed by atoms with E-state index in [1.807, 2.05) is 6.07 Å². The summed E-state index contributed by atoms with van der Waals surface area (Å²) in [5.41, 5.74) is 1.40. The van der Waals surface area contributed by atoms with Gasteiger partial charge in [0.25, 0.3) is 0 Å². The van der Waals surface area contributed by atoms with Gasteiger partial charge in [0, 0.05) is 5.39 Å². The number of benzene rings is 2. The maximum atomic E-state index is 14.3. The molecule has 0 N–H and O–H groups in total. The number of hydrogen-bond donors (Lipinski definition) is 0. The van der Waals surface area contributed by atoms with E-state index >= 15 is 0 Å². The van der Waals surface area contributed by atoms with Gasteiger partial charge in [-0.15, -0.1) is 0 Å². The minimum absolute atomic E-state index is 0.271. The number of aryl methyl sites for hydroxylation is 1. The summed E-state index contributed by atoms with van der Waals surface area (Å²) in [7, 11) is 1.32. The smallest absolute Gasteiger partial charge is 0.337 e. The van der Waals surface area contributed by atoms with Crippen LogP contribution in [0.25, 0.3) is 10.8 Å². The van der Waals surface area contributed by atoms with Gasteiger partial charge < -0.3 is 4.74 Å². The maximum absolute atomic E-state index is 14.3. The standard InChI is InChI=1S/C19H23FO2/c1-3-4-5-6-7-8-14-11-15-9-10-16(19(21)22-2)13-17(15)18(20)12-14/h9-13H,3-8H2,1-2H3. The normalized spacial score (nSPS) is 10.9. The van der Waals surface area contributed by atoms with Crippen LogP contribution >= 0.6 is 0 Å². The average molecular weight is 302 g/mol. The molecule has 0 saturated carbocycles. The predicted molar refractivity (Wildman–Crippen MR) is 87.7 cm³/mol. The molecule has 22 heavy (non-hydrogen) atoms. The molecule has 0 saturated heterocycles. The molecule has 0 aromatic heterocycles. The number of esters is 1. The maximum Gasteiger partial charge on any atom is 0.337 e. The van der Waals surface area contributed by atoms with E-state index < -0.39 is 5.97 Å². The van der Waals surface area contributed by atoms with Crippen LogP contribution < -0.4 is 0 Å². The van der Waals surface area contributed by atoms with E-state index in [2.05, 4.69) is 11.7 Å². The fourth-order valence-corrected chi connectivity index (χ4v) is 2.69. The lowest BCUT2D eigenvalue weighted by Crippen LogP contribution is -2.01. The highest BCUT2D eigenvalue weighted by Gasteiger charge is 2.09. The molecule has 2 aromatic carbocycles. The number of unbranched alkanes of at least 4 members (excludes halogenated alkanes) is 4. The fraction of sp³-hybridized carbons (Fsp3) is 0.421. The van der Waals surface area contributed by atoms with E-state index in [0.29, 0.717) is 10.9 Å². The molecular weight excluding hydrogens is 279 g/mol. The Bertz CT molecular complexity index is 649. The van der Waals surface area contributed by atoms with E-state index in [9.17, 15) is 9.18 Å². The average Bonchev–Trinajstić information content (AvgIpc) is 2.53. The fourth-order valence-electron chi connectivity index (χ4n) is 2.69. The zero-order chi connectivity index (χ0) is 15.9. The van der Waals surface area contributed by atoms with Gasteiger partial charge in [-0.3, -0.25) is 0 Å². The third-order valence-corrected chi connectivity index (χ3v) is 3.95. The number of ether oxygens (including phenoxy) is 1. The molecule has 0 fully saturated rings. The van der Waals surface area contributed by atoms with Crippen molar-refractivity contribution >= 4 is 16.7 Å². The van der Waals surface area contributed by atoms with Crippen molar-refractivity contribution in [2.75, 3.05) is 7.11 Å². The van der Waals surface area contributed by atoms with E-state index in [-0.39, 0.29) is 5.82 Å². The Morgan fingerprint density at radius 1 is 1.09 bits per heavy atom. The van der Waals surface area contributed by atoms with E-state index in [0.717, 1.165) is 23.8 Å². The third-order valence-electron chi connectivity index (χ3n) is 3.95. The summed E-state index contributed by atoms with van der Waals surface area (Å²) in [5, 5.41) is 1.30. The molecule has 0 spiro atoms. The van der Waals surface area contributed by atoms with Crippen LogP contribution in [0.2, 0.25) is 0 Å². The zero-order valence-corrected chi connectivity index (χ0v) is 13.3. The Labute approximate surface area is 131 Å².